The summed E-state index contributed by atoms with van der Waals surface area (Å²) in [6.07, 6.45) is 2.31. The van der Waals surface area contributed by atoms with Gasteiger partial charge in [-0.15, -0.1) is 0 Å². The number of benzene rings is 2. The van der Waals surface area contributed by atoms with Crippen molar-refractivity contribution < 1.29 is 13.9 Å². The van der Waals surface area contributed by atoms with Gasteiger partial charge in [-0.3, -0.25) is 4.79 Å². The molecule has 160 valence electrons. The second-order valence-corrected chi connectivity index (χ2v) is 7.81. The fourth-order valence-corrected chi connectivity index (χ4v) is 3.83. The first-order valence-electron chi connectivity index (χ1n) is 10.5. The minimum atomic E-state index is -0.273. The van der Waals surface area contributed by atoms with Crippen molar-refractivity contribution in [2.75, 3.05) is 6.61 Å². The summed E-state index contributed by atoms with van der Waals surface area (Å²) in [6.45, 7) is 7.42. The summed E-state index contributed by atoms with van der Waals surface area (Å²) in [5.41, 5.74) is 4.34. The molecule has 4 aromatic rings. The van der Waals surface area contributed by atoms with Crippen LogP contribution in [0.5, 0.6) is 5.75 Å². The molecule has 0 aliphatic rings. The summed E-state index contributed by atoms with van der Waals surface area (Å²) in [6, 6.07) is 17.3. The number of aromatic nitrogens is 2. The van der Waals surface area contributed by atoms with E-state index in [4.69, 9.17) is 14.1 Å². The molecule has 2 heterocycles. The Hall–Kier alpha value is -3.54. The van der Waals surface area contributed by atoms with E-state index in [1.165, 1.54) is 17.4 Å². The Labute approximate surface area is 181 Å². The van der Waals surface area contributed by atoms with Gasteiger partial charge in [0.2, 0.25) is 0 Å². The highest BCUT2D eigenvalue weighted by Crippen LogP contribution is 2.22. The van der Waals surface area contributed by atoms with Gasteiger partial charge in [0.05, 0.1) is 29.9 Å². The summed E-state index contributed by atoms with van der Waals surface area (Å²) < 4.78 is 13.3. The van der Waals surface area contributed by atoms with Gasteiger partial charge in [-0.2, -0.15) is 0 Å². The highest BCUT2D eigenvalue weighted by Gasteiger charge is 2.20. The van der Waals surface area contributed by atoms with Crippen LogP contribution in [0, 0.1) is 13.8 Å². The van der Waals surface area contributed by atoms with E-state index in [0.717, 1.165) is 35.6 Å². The summed E-state index contributed by atoms with van der Waals surface area (Å²) >= 11 is 0. The molecule has 0 saturated heterocycles. The molecule has 6 nitrogen and oxygen atoms in total. The van der Waals surface area contributed by atoms with E-state index in [0.29, 0.717) is 6.61 Å². The number of carbonyl (C=O) groups is 1. The topological polar surface area (TPSA) is 69.3 Å². The van der Waals surface area contributed by atoms with Crippen LogP contribution in [-0.2, 0) is 6.54 Å². The van der Waals surface area contributed by atoms with Crippen LogP contribution in [0.15, 0.2) is 65.3 Å². The number of carbonyl (C=O) groups excluding carboxylic acids is 1. The number of imidazole rings is 1. The summed E-state index contributed by atoms with van der Waals surface area (Å²) in [4.78, 5) is 17.2. The van der Waals surface area contributed by atoms with E-state index in [1.54, 1.807) is 12.1 Å². The predicted octanol–water partition coefficient (Wildman–Crippen LogP) is 5.21. The third kappa shape index (κ3) is 4.79. The molecule has 0 unspecified atom stereocenters. The standard InChI is InChI=1S/C25H27N3O3/c1-17-14-18(2)16-20(15-17)30-13-7-11-28-22-9-5-4-8-21(22)27-24(28)19(3)26-25(29)23-10-6-12-31-23/h4-6,8-10,12,14-16,19H,7,11,13H2,1-3H3,(H,26,29)/t19-/m0/s1. The molecular formula is C25H27N3O3. The van der Waals surface area contributed by atoms with Crippen molar-refractivity contribution in [2.24, 2.45) is 0 Å². The molecule has 31 heavy (non-hydrogen) atoms. The van der Waals surface area contributed by atoms with E-state index >= 15 is 0 Å². The van der Waals surface area contributed by atoms with Crippen LogP contribution < -0.4 is 10.1 Å². The second kappa shape index (κ2) is 9.08. The van der Waals surface area contributed by atoms with Gasteiger partial charge in [0.15, 0.2) is 5.76 Å². The third-order valence-corrected chi connectivity index (χ3v) is 5.15. The molecule has 1 N–H and O–H groups in total. The fourth-order valence-electron chi connectivity index (χ4n) is 3.83. The number of hydrogen-bond acceptors (Lipinski definition) is 4. The number of fused-ring (bicyclic) bond motifs is 1. The van der Waals surface area contributed by atoms with Crippen molar-refractivity contribution in [3.05, 3.63) is 83.6 Å². The molecule has 0 bridgehead atoms. The number of rotatable bonds is 8. The molecule has 1 atom stereocenters. The largest absolute Gasteiger partial charge is 0.494 e. The van der Waals surface area contributed by atoms with Gasteiger partial charge in [0.1, 0.15) is 11.6 Å². The van der Waals surface area contributed by atoms with Crippen molar-refractivity contribution in [3.63, 3.8) is 0 Å². The second-order valence-electron chi connectivity index (χ2n) is 7.81. The van der Waals surface area contributed by atoms with E-state index < -0.39 is 0 Å². The zero-order valence-electron chi connectivity index (χ0n) is 18.1. The number of nitrogens with one attached hydrogen (secondary N) is 1. The average Bonchev–Trinajstić information content (AvgIpc) is 3.39. The SMILES string of the molecule is Cc1cc(C)cc(OCCCn2c([C@H](C)NC(=O)c3ccco3)nc3ccccc32)c1. The molecule has 2 aromatic carbocycles. The molecule has 0 aliphatic heterocycles. The van der Waals surface area contributed by atoms with Crippen LogP contribution in [0.25, 0.3) is 11.0 Å². The van der Waals surface area contributed by atoms with Gasteiger partial charge >= 0.3 is 0 Å². The molecule has 4 rings (SSSR count). The lowest BCUT2D eigenvalue weighted by molar-refractivity contribution is 0.0909. The first-order chi connectivity index (χ1) is 15.0. The molecule has 0 spiro atoms. The number of furan rings is 1. The Morgan fingerprint density at radius 2 is 1.90 bits per heavy atom. The van der Waals surface area contributed by atoms with E-state index in [2.05, 4.69) is 48.0 Å². The Morgan fingerprint density at radius 1 is 1.13 bits per heavy atom. The molecule has 0 saturated carbocycles. The molecule has 6 heteroatoms. The normalized spacial score (nSPS) is 12.1. The quantitative estimate of drug-likeness (QED) is 0.400. The maximum absolute atomic E-state index is 12.4. The third-order valence-electron chi connectivity index (χ3n) is 5.15. The van der Waals surface area contributed by atoms with E-state index in [1.807, 2.05) is 25.1 Å². The number of amides is 1. The van der Waals surface area contributed by atoms with Crippen LogP contribution in [-0.4, -0.2) is 22.1 Å². The highest BCUT2D eigenvalue weighted by molar-refractivity contribution is 5.91. The number of para-hydroxylation sites is 2. The lowest BCUT2D eigenvalue weighted by Gasteiger charge is -2.16. The van der Waals surface area contributed by atoms with Crippen LogP contribution in [0.4, 0.5) is 0 Å². The summed E-state index contributed by atoms with van der Waals surface area (Å²) in [7, 11) is 0. The predicted molar refractivity (Wildman–Crippen MR) is 120 cm³/mol. The average molecular weight is 418 g/mol. The van der Waals surface area contributed by atoms with E-state index in [9.17, 15) is 4.79 Å². The Kier molecular flexibility index (Phi) is 6.07. The molecule has 1 amide bonds. The number of aryl methyl sites for hydroxylation is 3. The zero-order chi connectivity index (χ0) is 21.8. The van der Waals surface area contributed by atoms with Gasteiger partial charge in [0.25, 0.3) is 5.91 Å². The van der Waals surface area contributed by atoms with Crippen molar-refractivity contribution >= 4 is 16.9 Å². The zero-order valence-corrected chi connectivity index (χ0v) is 18.1. The lowest BCUT2D eigenvalue weighted by Crippen LogP contribution is -2.28. The Balaban J connectivity index is 1.47. The minimum absolute atomic E-state index is 0.255. The maximum atomic E-state index is 12.4. The minimum Gasteiger partial charge on any atom is -0.494 e. The van der Waals surface area contributed by atoms with Crippen molar-refractivity contribution in [3.8, 4) is 5.75 Å². The summed E-state index contributed by atoms with van der Waals surface area (Å²) in [5.74, 6) is 1.74. The smallest absolute Gasteiger partial charge is 0.287 e. The monoisotopic (exact) mass is 417 g/mol. The van der Waals surface area contributed by atoms with Gasteiger partial charge in [-0.1, -0.05) is 18.2 Å². The molecule has 2 aromatic heterocycles. The Bertz CT molecular complexity index is 1160. The first kappa shape index (κ1) is 20.7. The number of nitrogens with zero attached hydrogens (tertiary/aromatic N) is 2. The molecular weight excluding hydrogens is 390 g/mol. The van der Waals surface area contributed by atoms with Gasteiger partial charge in [0, 0.05) is 6.54 Å². The number of ether oxygens (including phenoxy) is 1. The van der Waals surface area contributed by atoms with Crippen LogP contribution in [0.2, 0.25) is 0 Å². The van der Waals surface area contributed by atoms with Gasteiger partial charge in [-0.05, 0) is 74.7 Å². The summed E-state index contributed by atoms with van der Waals surface area (Å²) in [5, 5.41) is 2.98. The van der Waals surface area contributed by atoms with Crippen LogP contribution >= 0.6 is 0 Å². The van der Waals surface area contributed by atoms with Gasteiger partial charge in [-0.25, -0.2) is 4.98 Å². The lowest BCUT2D eigenvalue weighted by atomic mass is 10.1. The van der Waals surface area contributed by atoms with Crippen molar-refractivity contribution in [1.29, 1.82) is 0 Å². The highest BCUT2D eigenvalue weighted by atomic mass is 16.5. The maximum Gasteiger partial charge on any atom is 0.287 e. The van der Waals surface area contributed by atoms with Crippen LogP contribution in [0.1, 0.15) is 46.9 Å². The molecule has 0 radical (unpaired) electrons. The number of hydrogen-bond donors (Lipinski definition) is 1. The fraction of sp³-hybridized carbons (Fsp3) is 0.280. The van der Waals surface area contributed by atoms with Crippen molar-refractivity contribution in [2.45, 2.75) is 39.8 Å². The molecule has 0 aliphatic carbocycles. The van der Waals surface area contributed by atoms with E-state index in [-0.39, 0.29) is 17.7 Å². The Morgan fingerprint density at radius 3 is 2.65 bits per heavy atom. The molecule has 0 fully saturated rings. The van der Waals surface area contributed by atoms with Gasteiger partial charge < -0.3 is 19.0 Å². The van der Waals surface area contributed by atoms with Crippen LogP contribution in [0.3, 0.4) is 0 Å². The van der Waals surface area contributed by atoms with Crippen molar-refractivity contribution in [1.82, 2.24) is 14.9 Å². The first-order valence-corrected chi connectivity index (χ1v) is 10.5.